The van der Waals surface area contributed by atoms with E-state index in [1.165, 1.54) is 95.0 Å². The van der Waals surface area contributed by atoms with Crippen LogP contribution in [0.15, 0.2) is 201 Å². The molecule has 0 spiro atoms. The minimum absolute atomic E-state index is 0.516. The van der Waals surface area contributed by atoms with Crippen molar-refractivity contribution in [3.05, 3.63) is 246 Å². The second-order valence-corrected chi connectivity index (χ2v) is 17.6. The molecule has 3 aliphatic rings. The van der Waals surface area contributed by atoms with Crippen molar-refractivity contribution in [1.29, 1.82) is 0 Å². The molecule has 314 valence electrons. The predicted octanol–water partition coefficient (Wildman–Crippen LogP) is 16.4. The average molecular weight is 837 g/mol. The minimum Gasteiger partial charge on any atom is -0.317 e. The maximum absolute atomic E-state index is 4.26. The van der Waals surface area contributed by atoms with Crippen LogP contribution in [0, 0.1) is 5.92 Å². The molecule has 0 amide bonds. The number of fused-ring (bicyclic) bond motifs is 6. The second-order valence-electron chi connectivity index (χ2n) is 17.6. The van der Waals surface area contributed by atoms with Gasteiger partial charge >= 0.3 is 0 Å². The number of nitrogens with zero attached hydrogens (tertiary/aromatic N) is 2. The molecular formula is C63H52N2. The fourth-order valence-corrected chi connectivity index (χ4v) is 10.3. The van der Waals surface area contributed by atoms with E-state index in [2.05, 4.69) is 236 Å². The van der Waals surface area contributed by atoms with E-state index < -0.39 is 0 Å². The molecule has 0 bridgehead atoms. The van der Waals surface area contributed by atoms with E-state index in [9.17, 15) is 0 Å². The van der Waals surface area contributed by atoms with Crippen LogP contribution in [0.2, 0.25) is 0 Å². The molecule has 0 N–H and O–H groups in total. The number of benzene rings is 6. The minimum atomic E-state index is 0.516. The SMILES string of the molecule is C=C/C(=C\C(=C/C)c1cccc(-c2cccc(-c3ccccc3)c2)c1)c1ccc(-c2cccc(-n3c4c(c5ccc(-n6c7c(c8c6C[C@H](C)C=C8)C=CCC7)cc53)C=CC=CC4)c2)cc1. The van der Waals surface area contributed by atoms with Crippen molar-refractivity contribution in [3.63, 3.8) is 0 Å². The van der Waals surface area contributed by atoms with Gasteiger partial charge in [0.2, 0.25) is 0 Å². The lowest BCUT2D eigenvalue weighted by Gasteiger charge is -2.19. The zero-order valence-electron chi connectivity index (χ0n) is 37.2. The van der Waals surface area contributed by atoms with Crippen molar-refractivity contribution in [2.75, 3.05) is 0 Å². The molecule has 8 aromatic rings. The van der Waals surface area contributed by atoms with Gasteiger partial charge in [-0.1, -0.05) is 183 Å². The molecule has 0 fully saturated rings. The zero-order chi connectivity index (χ0) is 43.9. The van der Waals surface area contributed by atoms with E-state index >= 15 is 0 Å². The highest BCUT2D eigenvalue weighted by Crippen LogP contribution is 2.40. The van der Waals surface area contributed by atoms with Crippen molar-refractivity contribution in [2.24, 2.45) is 5.92 Å². The van der Waals surface area contributed by atoms with E-state index in [-0.39, 0.29) is 0 Å². The highest BCUT2D eigenvalue weighted by atomic mass is 15.0. The molecule has 0 radical (unpaired) electrons. The fraction of sp³-hybridized carbons (Fsp3) is 0.111. The number of allylic oxidation sites excluding steroid dienone is 10. The maximum Gasteiger partial charge on any atom is 0.0558 e. The van der Waals surface area contributed by atoms with Crippen LogP contribution in [0.5, 0.6) is 0 Å². The Morgan fingerprint density at radius 2 is 1.26 bits per heavy atom. The summed E-state index contributed by atoms with van der Waals surface area (Å²) in [4.78, 5) is 0. The molecular weight excluding hydrogens is 785 g/mol. The Morgan fingerprint density at radius 1 is 0.554 bits per heavy atom. The topological polar surface area (TPSA) is 9.86 Å². The van der Waals surface area contributed by atoms with E-state index in [1.54, 1.807) is 0 Å². The Bertz CT molecular complexity index is 3330. The summed E-state index contributed by atoms with van der Waals surface area (Å²) in [5.41, 5.74) is 23.7. The van der Waals surface area contributed by atoms with Gasteiger partial charge in [0, 0.05) is 57.0 Å². The molecule has 0 aliphatic heterocycles. The van der Waals surface area contributed by atoms with Crippen LogP contribution in [0.1, 0.15) is 65.2 Å². The standard InChI is InChI=1S/C63H52N2/c1-4-44(38-45(5-2)49-19-14-21-51(39-49)52-22-15-20-50(40-52)46-17-8-6-9-18-46)47-30-32-48(33-31-47)53-23-16-24-54(41-53)64-60-27-11-7-10-25-56(60)59-36-34-55(42-63(59)64)65-61-28-13-12-26-57(61)58-35-29-43(3)37-62(58)65/h4-12,14-26,29-36,38-43H,1,13,27-28,37H2,2-3H3/b44-38+,45-5+/t43-/m1/s1. The Morgan fingerprint density at radius 3 is 2.08 bits per heavy atom. The van der Waals surface area contributed by atoms with E-state index in [0.717, 1.165) is 42.4 Å². The molecule has 3 aliphatic carbocycles. The van der Waals surface area contributed by atoms with Crippen LogP contribution >= 0.6 is 0 Å². The molecule has 2 nitrogen and oxygen atoms in total. The molecule has 0 saturated heterocycles. The van der Waals surface area contributed by atoms with Crippen molar-refractivity contribution in [1.82, 2.24) is 9.13 Å². The van der Waals surface area contributed by atoms with Gasteiger partial charge in [0.15, 0.2) is 0 Å². The van der Waals surface area contributed by atoms with Crippen LogP contribution in [-0.2, 0) is 19.3 Å². The Balaban J connectivity index is 0.920. The Kier molecular flexibility index (Phi) is 10.6. The molecule has 0 saturated carbocycles. The van der Waals surface area contributed by atoms with E-state index in [0.29, 0.717) is 5.92 Å². The van der Waals surface area contributed by atoms with Crippen molar-refractivity contribution >= 4 is 40.3 Å². The lowest BCUT2D eigenvalue weighted by molar-refractivity contribution is 0.680. The summed E-state index contributed by atoms with van der Waals surface area (Å²) in [5, 5.41) is 1.29. The van der Waals surface area contributed by atoms with Gasteiger partial charge < -0.3 is 9.13 Å². The number of aromatic nitrogens is 2. The Labute approximate surface area is 383 Å². The summed E-state index contributed by atoms with van der Waals surface area (Å²) < 4.78 is 5.11. The number of rotatable bonds is 9. The van der Waals surface area contributed by atoms with Gasteiger partial charge in [-0.2, -0.15) is 0 Å². The van der Waals surface area contributed by atoms with Crippen LogP contribution in [0.25, 0.3) is 85.0 Å². The summed E-state index contributed by atoms with van der Waals surface area (Å²) in [7, 11) is 0. The normalized spacial score (nSPS) is 15.4. The first-order valence-corrected chi connectivity index (χ1v) is 23.1. The fourth-order valence-electron chi connectivity index (χ4n) is 10.3. The summed E-state index contributed by atoms with van der Waals surface area (Å²) in [5.74, 6) is 0.516. The molecule has 65 heavy (non-hydrogen) atoms. The molecule has 2 aromatic heterocycles. The van der Waals surface area contributed by atoms with Gasteiger partial charge in [-0.15, -0.1) is 0 Å². The average Bonchev–Trinajstić information content (AvgIpc) is 3.73. The third kappa shape index (κ3) is 7.45. The maximum atomic E-state index is 4.26. The monoisotopic (exact) mass is 836 g/mol. The molecule has 0 unspecified atom stereocenters. The summed E-state index contributed by atoms with van der Waals surface area (Å²) in [6.45, 7) is 8.71. The largest absolute Gasteiger partial charge is 0.317 e. The highest BCUT2D eigenvalue weighted by Gasteiger charge is 2.26. The first-order valence-electron chi connectivity index (χ1n) is 23.1. The first kappa shape index (κ1) is 40.1. The van der Waals surface area contributed by atoms with Gasteiger partial charge in [-0.3, -0.25) is 0 Å². The predicted molar refractivity (Wildman–Crippen MR) is 278 cm³/mol. The van der Waals surface area contributed by atoms with Crippen molar-refractivity contribution in [2.45, 2.75) is 39.5 Å². The summed E-state index contributed by atoms with van der Waals surface area (Å²) in [6, 6.07) is 53.5. The van der Waals surface area contributed by atoms with Crippen LogP contribution < -0.4 is 0 Å². The molecule has 2 heteroatoms. The van der Waals surface area contributed by atoms with E-state index in [1.807, 2.05) is 6.08 Å². The number of hydrogen-bond acceptors (Lipinski definition) is 0. The summed E-state index contributed by atoms with van der Waals surface area (Å²) >= 11 is 0. The van der Waals surface area contributed by atoms with Crippen LogP contribution in [-0.4, -0.2) is 9.13 Å². The molecule has 2 heterocycles. The van der Waals surface area contributed by atoms with Gasteiger partial charge in [-0.25, -0.2) is 0 Å². The third-order valence-corrected chi connectivity index (χ3v) is 13.6. The van der Waals surface area contributed by atoms with Crippen LogP contribution in [0.3, 0.4) is 0 Å². The lowest BCUT2D eigenvalue weighted by Crippen LogP contribution is -2.10. The molecule has 1 atom stereocenters. The quantitative estimate of drug-likeness (QED) is 0.128. The van der Waals surface area contributed by atoms with Crippen molar-refractivity contribution < 1.29 is 0 Å². The highest BCUT2D eigenvalue weighted by molar-refractivity contribution is 5.95. The lowest BCUT2D eigenvalue weighted by atomic mass is 9.92. The molecule has 11 rings (SSSR count). The van der Waals surface area contributed by atoms with Crippen molar-refractivity contribution in [3.8, 4) is 44.8 Å². The number of hydrogen-bond donors (Lipinski definition) is 0. The van der Waals surface area contributed by atoms with Gasteiger partial charge in [0.25, 0.3) is 0 Å². The first-order chi connectivity index (χ1) is 32.0. The molecule has 6 aromatic carbocycles. The summed E-state index contributed by atoms with van der Waals surface area (Å²) in [6.07, 6.45) is 28.9. The third-order valence-electron chi connectivity index (χ3n) is 13.6. The van der Waals surface area contributed by atoms with Gasteiger partial charge in [0.1, 0.15) is 0 Å². The second kappa shape index (κ2) is 17.1. The van der Waals surface area contributed by atoms with Gasteiger partial charge in [0.05, 0.1) is 5.52 Å². The van der Waals surface area contributed by atoms with Gasteiger partial charge in [-0.05, 0) is 130 Å². The van der Waals surface area contributed by atoms with Crippen LogP contribution in [0.4, 0.5) is 0 Å². The zero-order valence-corrected chi connectivity index (χ0v) is 37.2. The van der Waals surface area contributed by atoms with E-state index in [4.69, 9.17) is 0 Å². The Hall–Kier alpha value is -7.68. The smallest absolute Gasteiger partial charge is 0.0558 e.